The number of nitrogens with one attached hydrogen (secondary N) is 1. The topological polar surface area (TPSA) is 57.5 Å². The molecule has 2 rings (SSSR count). The molecular formula is C14H21N3O. The molecule has 4 heteroatoms. The minimum Gasteiger partial charge on any atom is -0.369 e. The van der Waals surface area contributed by atoms with E-state index in [1.165, 1.54) is 0 Å². The first-order valence-corrected chi connectivity index (χ1v) is 6.32. The second kappa shape index (κ2) is 4.35. The van der Waals surface area contributed by atoms with Crippen molar-refractivity contribution in [2.45, 2.75) is 46.4 Å². The van der Waals surface area contributed by atoms with Gasteiger partial charge in [-0.1, -0.05) is 19.9 Å². The number of aliphatic hydroxyl groups excluding tert-OH is 1. The van der Waals surface area contributed by atoms with Crippen molar-refractivity contribution in [2.75, 3.05) is 0 Å². The van der Waals surface area contributed by atoms with E-state index in [9.17, 15) is 5.11 Å². The first kappa shape index (κ1) is 13.0. The van der Waals surface area contributed by atoms with Crippen LogP contribution in [0.15, 0.2) is 17.3 Å². The third-order valence-corrected chi connectivity index (χ3v) is 3.81. The fourth-order valence-corrected chi connectivity index (χ4v) is 2.13. The number of aliphatic imine (C=N–C) groups is 1. The predicted octanol–water partition coefficient (Wildman–Crippen LogP) is 1.78. The summed E-state index contributed by atoms with van der Waals surface area (Å²) in [5, 5.41) is 13.4. The molecular weight excluding hydrogens is 226 g/mol. The van der Waals surface area contributed by atoms with Crippen LogP contribution >= 0.6 is 0 Å². The highest BCUT2D eigenvalue weighted by molar-refractivity contribution is 6.00. The van der Waals surface area contributed by atoms with Crippen LogP contribution in [0.4, 0.5) is 0 Å². The monoisotopic (exact) mass is 247 g/mol. The molecule has 0 bridgehead atoms. The normalized spacial score (nSPS) is 27.3. The number of aromatic nitrogens is 1. The van der Waals surface area contributed by atoms with E-state index >= 15 is 0 Å². The molecule has 0 saturated carbocycles. The molecule has 98 valence electrons. The van der Waals surface area contributed by atoms with Gasteiger partial charge in [-0.3, -0.25) is 4.98 Å². The van der Waals surface area contributed by atoms with Gasteiger partial charge in [0.2, 0.25) is 0 Å². The maximum atomic E-state index is 10.1. The zero-order chi connectivity index (χ0) is 13.5. The smallest absolute Gasteiger partial charge is 0.170 e. The molecule has 0 radical (unpaired) electrons. The zero-order valence-corrected chi connectivity index (χ0v) is 11.7. The third kappa shape index (κ3) is 2.01. The van der Waals surface area contributed by atoms with Crippen LogP contribution in [-0.2, 0) is 0 Å². The number of hydrogen-bond donors (Lipinski definition) is 2. The molecule has 1 aliphatic heterocycles. The highest BCUT2D eigenvalue weighted by Gasteiger charge is 2.42. The van der Waals surface area contributed by atoms with Crippen molar-refractivity contribution in [1.82, 2.24) is 10.3 Å². The van der Waals surface area contributed by atoms with Gasteiger partial charge in [0.05, 0.1) is 5.54 Å². The average molecular weight is 247 g/mol. The minimum atomic E-state index is -0.727. The number of aryl methyl sites for hydroxylation is 2. The molecule has 0 fully saturated rings. The van der Waals surface area contributed by atoms with E-state index in [1.54, 1.807) is 0 Å². The Bertz CT molecular complexity index is 496. The molecule has 0 amide bonds. The molecule has 0 aliphatic carbocycles. The Labute approximate surface area is 108 Å². The molecule has 4 nitrogen and oxygen atoms in total. The summed E-state index contributed by atoms with van der Waals surface area (Å²) in [6, 6.07) is 2.07. The molecule has 18 heavy (non-hydrogen) atoms. The van der Waals surface area contributed by atoms with E-state index in [0.717, 1.165) is 16.8 Å². The molecule has 1 aromatic rings. The number of rotatable bonds is 2. The average Bonchev–Trinajstić information content (AvgIpc) is 2.56. The van der Waals surface area contributed by atoms with E-state index in [1.807, 2.05) is 27.0 Å². The van der Waals surface area contributed by atoms with E-state index in [-0.39, 0.29) is 5.92 Å². The number of pyridine rings is 1. The lowest BCUT2D eigenvalue weighted by Crippen LogP contribution is -2.52. The molecule has 1 aromatic heterocycles. The molecule has 2 atom stereocenters. The van der Waals surface area contributed by atoms with Crippen molar-refractivity contribution < 1.29 is 5.11 Å². The maximum Gasteiger partial charge on any atom is 0.170 e. The molecule has 0 spiro atoms. The quantitative estimate of drug-likeness (QED) is 0.837. The van der Waals surface area contributed by atoms with Crippen molar-refractivity contribution in [3.8, 4) is 0 Å². The Kier molecular flexibility index (Phi) is 3.15. The summed E-state index contributed by atoms with van der Waals surface area (Å²) in [6.07, 6.45) is 1.10. The van der Waals surface area contributed by atoms with Gasteiger partial charge >= 0.3 is 0 Å². The Morgan fingerprint density at radius 2 is 2.06 bits per heavy atom. The first-order valence-electron chi connectivity index (χ1n) is 6.32. The minimum absolute atomic E-state index is 0.277. The molecule has 0 aromatic carbocycles. The highest BCUT2D eigenvalue weighted by atomic mass is 16.3. The van der Waals surface area contributed by atoms with Crippen LogP contribution in [-0.4, -0.2) is 27.7 Å². The first-order chi connectivity index (χ1) is 8.34. The van der Waals surface area contributed by atoms with Gasteiger partial charge in [-0.15, -0.1) is 0 Å². The largest absolute Gasteiger partial charge is 0.369 e. The van der Waals surface area contributed by atoms with Gasteiger partial charge in [0.15, 0.2) is 12.1 Å². The second-order valence-electron chi connectivity index (χ2n) is 5.59. The fraction of sp³-hybridized carbons (Fsp3) is 0.571. The van der Waals surface area contributed by atoms with Crippen LogP contribution in [0.3, 0.4) is 0 Å². The van der Waals surface area contributed by atoms with Gasteiger partial charge in [-0.05, 0) is 37.8 Å². The third-order valence-electron chi connectivity index (χ3n) is 3.81. The van der Waals surface area contributed by atoms with E-state index in [2.05, 4.69) is 35.2 Å². The fourth-order valence-electron chi connectivity index (χ4n) is 2.13. The van der Waals surface area contributed by atoms with Crippen LogP contribution in [0, 0.1) is 19.8 Å². The standard InChI is InChI=1S/C14H21N3O/c1-8(2)14(5)13(18)16-12(17-14)11-10(4)6-9(3)7-15-11/h6-8,13,18H,1-5H3,(H,16,17). The van der Waals surface area contributed by atoms with Crippen molar-refractivity contribution in [3.63, 3.8) is 0 Å². The summed E-state index contributed by atoms with van der Waals surface area (Å²) in [6.45, 7) is 10.2. The molecule has 0 saturated heterocycles. The highest BCUT2D eigenvalue weighted by Crippen LogP contribution is 2.27. The van der Waals surface area contributed by atoms with Gasteiger partial charge in [0.1, 0.15) is 5.69 Å². The summed E-state index contributed by atoms with van der Waals surface area (Å²) in [4.78, 5) is 8.74. The zero-order valence-electron chi connectivity index (χ0n) is 11.7. The summed E-state index contributed by atoms with van der Waals surface area (Å²) in [7, 11) is 0. The number of hydrogen-bond acceptors (Lipinski definition) is 4. The van der Waals surface area contributed by atoms with E-state index < -0.39 is 11.8 Å². The van der Waals surface area contributed by atoms with E-state index in [0.29, 0.717) is 5.84 Å². The SMILES string of the molecule is Cc1cnc(C2=NC(O)C(C)(C(C)C)N2)c(C)c1. The summed E-state index contributed by atoms with van der Waals surface area (Å²) < 4.78 is 0. The predicted molar refractivity (Wildman–Crippen MR) is 72.6 cm³/mol. The number of aliphatic hydroxyl groups is 1. The summed E-state index contributed by atoms with van der Waals surface area (Å²) in [5.41, 5.74) is 2.60. The number of nitrogens with zero attached hydrogens (tertiary/aromatic N) is 2. The molecule has 2 N–H and O–H groups in total. The van der Waals surface area contributed by atoms with E-state index in [4.69, 9.17) is 0 Å². The van der Waals surface area contributed by atoms with Crippen molar-refractivity contribution in [2.24, 2.45) is 10.9 Å². The van der Waals surface area contributed by atoms with Crippen LogP contribution in [0.2, 0.25) is 0 Å². The van der Waals surface area contributed by atoms with Crippen LogP contribution in [0.25, 0.3) is 0 Å². The van der Waals surface area contributed by atoms with Gasteiger partial charge in [-0.2, -0.15) is 0 Å². The lowest BCUT2D eigenvalue weighted by atomic mass is 9.87. The molecule has 1 aliphatic rings. The Morgan fingerprint density at radius 3 is 2.56 bits per heavy atom. The molecule has 2 heterocycles. The maximum absolute atomic E-state index is 10.1. The van der Waals surface area contributed by atoms with Crippen molar-refractivity contribution in [3.05, 3.63) is 29.1 Å². The lowest BCUT2D eigenvalue weighted by Gasteiger charge is -2.32. The number of amidine groups is 1. The van der Waals surface area contributed by atoms with Crippen molar-refractivity contribution >= 4 is 5.84 Å². The van der Waals surface area contributed by atoms with Crippen LogP contribution in [0.5, 0.6) is 0 Å². The molecule has 2 unspecified atom stereocenters. The summed E-state index contributed by atoms with van der Waals surface area (Å²) >= 11 is 0. The van der Waals surface area contributed by atoms with Crippen molar-refractivity contribution in [1.29, 1.82) is 0 Å². The van der Waals surface area contributed by atoms with Crippen LogP contribution < -0.4 is 5.32 Å². The van der Waals surface area contributed by atoms with Gasteiger partial charge in [0, 0.05) is 6.20 Å². The lowest BCUT2D eigenvalue weighted by molar-refractivity contribution is 0.0749. The Balaban J connectivity index is 2.35. The van der Waals surface area contributed by atoms with Gasteiger partial charge in [-0.25, -0.2) is 4.99 Å². The van der Waals surface area contributed by atoms with Gasteiger partial charge < -0.3 is 10.4 Å². The summed E-state index contributed by atoms with van der Waals surface area (Å²) in [5.74, 6) is 0.968. The van der Waals surface area contributed by atoms with Crippen LogP contribution in [0.1, 0.15) is 37.6 Å². The Hall–Kier alpha value is -1.42. The Morgan fingerprint density at radius 1 is 1.39 bits per heavy atom. The second-order valence-corrected chi connectivity index (χ2v) is 5.59. The van der Waals surface area contributed by atoms with Gasteiger partial charge in [0.25, 0.3) is 0 Å².